The highest BCUT2D eigenvalue weighted by molar-refractivity contribution is 5.91. The summed E-state index contributed by atoms with van der Waals surface area (Å²) in [7, 11) is 3.24. The first-order chi connectivity index (χ1) is 12.3. The molecule has 1 N–H and O–H groups in total. The third-order valence-electron chi connectivity index (χ3n) is 3.53. The Hall–Kier alpha value is -2.12. The molecule has 2 amide bonds. The summed E-state index contributed by atoms with van der Waals surface area (Å²) < 4.78 is 15.9. The topological polar surface area (TPSA) is 77.1 Å². The van der Waals surface area contributed by atoms with Crippen LogP contribution in [0, 0.1) is 5.92 Å². The Bertz CT molecular complexity index is 577. The van der Waals surface area contributed by atoms with Crippen molar-refractivity contribution in [3.8, 4) is 5.75 Å². The standard InChI is InChI=1S/C19H30N2O5/c1-6-25-13-17(24-5)11-18(22)20-15-8-7-9-16(10-15)26-19(23)21(4)12-14(2)3/h7-10,14,17H,6,11-13H2,1-5H3,(H,20,22). The lowest BCUT2D eigenvalue weighted by Gasteiger charge is -2.19. The van der Waals surface area contributed by atoms with Crippen molar-refractivity contribution in [3.05, 3.63) is 24.3 Å². The number of anilines is 1. The van der Waals surface area contributed by atoms with E-state index in [1.54, 1.807) is 38.4 Å². The first-order valence-electron chi connectivity index (χ1n) is 8.79. The van der Waals surface area contributed by atoms with Crippen LogP contribution in [0.2, 0.25) is 0 Å². The highest BCUT2D eigenvalue weighted by Crippen LogP contribution is 2.18. The summed E-state index contributed by atoms with van der Waals surface area (Å²) in [5.74, 6) is 0.529. The van der Waals surface area contributed by atoms with Gasteiger partial charge < -0.3 is 24.4 Å². The molecule has 0 heterocycles. The average Bonchev–Trinajstić information content (AvgIpc) is 2.58. The summed E-state index contributed by atoms with van der Waals surface area (Å²) in [5, 5.41) is 2.78. The molecule has 0 aliphatic heterocycles. The Kier molecular flexibility index (Phi) is 9.69. The van der Waals surface area contributed by atoms with Gasteiger partial charge in [0.25, 0.3) is 0 Å². The molecule has 26 heavy (non-hydrogen) atoms. The molecule has 1 rings (SSSR count). The van der Waals surface area contributed by atoms with Crippen molar-refractivity contribution in [1.82, 2.24) is 4.90 Å². The number of methoxy groups -OCH3 is 1. The van der Waals surface area contributed by atoms with Crippen molar-refractivity contribution in [2.75, 3.05) is 39.2 Å². The van der Waals surface area contributed by atoms with Gasteiger partial charge in [-0.15, -0.1) is 0 Å². The largest absolute Gasteiger partial charge is 0.414 e. The smallest absolute Gasteiger partial charge is 0.410 e. The van der Waals surface area contributed by atoms with Gasteiger partial charge >= 0.3 is 6.09 Å². The van der Waals surface area contributed by atoms with Crippen molar-refractivity contribution in [2.24, 2.45) is 5.92 Å². The summed E-state index contributed by atoms with van der Waals surface area (Å²) in [6.07, 6.45) is -0.559. The number of carbonyl (C=O) groups is 2. The normalized spacial score (nSPS) is 11.9. The van der Waals surface area contributed by atoms with Crippen molar-refractivity contribution in [2.45, 2.75) is 33.3 Å². The molecule has 7 nitrogen and oxygen atoms in total. The van der Waals surface area contributed by atoms with Crippen LogP contribution in [-0.4, -0.2) is 56.9 Å². The predicted octanol–water partition coefficient (Wildman–Crippen LogP) is 3.15. The second kappa shape index (κ2) is 11.5. The molecule has 146 valence electrons. The van der Waals surface area contributed by atoms with Gasteiger partial charge in [-0.1, -0.05) is 19.9 Å². The van der Waals surface area contributed by atoms with Gasteiger partial charge in [-0.3, -0.25) is 4.79 Å². The average molecular weight is 366 g/mol. The monoisotopic (exact) mass is 366 g/mol. The van der Waals surface area contributed by atoms with Crippen LogP contribution in [0.25, 0.3) is 0 Å². The molecule has 0 aliphatic carbocycles. The maximum Gasteiger partial charge on any atom is 0.414 e. The van der Waals surface area contributed by atoms with E-state index < -0.39 is 6.09 Å². The summed E-state index contributed by atoms with van der Waals surface area (Å²) in [4.78, 5) is 25.7. The Morgan fingerprint density at radius 2 is 2.00 bits per heavy atom. The van der Waals surface area contributed by atoms with E-state index in [0.717, 1.165) is 0 Å². The summed E-state index contributed by atoms with van der Waals surface area (Å²) in [6, 6.07) is 6.74. The SMILES string of the molecule is CCOCC(CC(=O)Nc1cccc(OC(=O)N(C)CC(C)C)c1)OC. The zero-order chi connectivity index (χ0) is 19.5. The number of rotatable bonds is 10. The van der Waals surface area contributed by atoms with Crippen LogP contribution in [0.3, 0.4) is 0 Å². The van der Waals surface area contributed by atoms with E-state index >= 15 is 0 Å². The molecule has 1 atom stereocenters. The fourth-order valence-electron chi connectivity index (χ4n) is 2.32. The lowest BCUT2D eigenvalue weighted by molar-refractivity contribution is -0.119. The van der Waals surface area contributed by atoms with Crippen LogP contribution in [0.5, 0.6) is 5.75 Å². The Balaban J connectivity index is 2.60. The van der Waals surface area contributed by atoms with Gasteiger partial charge in [0, 0.05) is 39.1 Å². The number of benzene rings is 1. The third kappa shape index (κ3) is 8.31. The number of hydrogen-bond donors (Lipinski definition) is 1. The minimum absolute atomic E-state index is 0.178. The summed E-state index contributed by atoms with van der Waals surface area (Å²) >= 11 is 0. The van der Waals surface area contributed by atoms with Crippen LogP contribution in [0.1, 0.15) is 27.2 Å². The van der Waals surface area contributed by atoms with Crippen LogP contribution >= 0.6 is 0 Å². The first-order valence-corrected chi connectivity index (χ1v) is 8.79. The molecule has 1 unspecified atom stereocenters. The second-order valence-corrected chi connectivity index (χ2v) is 6.44. The molecule has 0 saturated heterocycles. The van der Waals surface area contributed by atoms with Crippen LogP contribution in [0.4, 0.5) is 10.5 Å². The fraction of sp³-hybridized carbons (Fsp3) is 0.579. The number of ether oxygens (including phenoxy) is 3. The molecule has 0 fully saturated rings. The first kappa shape index (κ1) is 21.9. The van der Waals surface area contributed by atoms with Gasteiger partial charge in [0.2, 0.25) is 5.91 Å². The van der Waals surface area contributed by atoms with Crippen molar-refractivity contribution < 1.29 is 23.8 Å². The molecular formula is C19H30N2O5. The van der Waals surface area contributed by atoms with Crippen LogP contribution in [-0.2, 0) is 14.3 Å². The number of amides is 2. The van der Waals surface area contributed by atoms with Crippen molar-refractivity contribution in [3.63, 3.8) is 0 Å². The molecule has 0 aromatic heterocycles. The highest BCUT2D eigenvalue weighted by atomic mass is 16.6. The maximum absolute atomic E-state index is 12.1. The molecule has 0 aliphatic rings. The molecule has 0 spiro atoms. The predicted molar refractivity (Wildman–Crippen MR) is 100 cm³/mol. The van der Waals surface area contributed by atoms with Gasteiger partial charge in [0.1, 0.15) is 5.75 Å². The van der Waals surface area contributed by atoms with Crippen LogP contribution < -0.4 is 10.1 Å². The number of carbonyl (C=O) groups excluding carboxylic acids is 2. The lowest BCUT2D eigenvalue weighted by atomic mass is 10.2. The third-order valence-corrected chi connectivity index (χ3v) is 3.53. The van der Waals surface area contributed by atoms with Gasteiger partial charge in [0.05, 0.1) is 19.1 Å². The molecule has 7 heteroatoms. The lowest BCUT2D eigenvalue weighted by Crippen LogP contribution is -2.32. The zero-order valence-corrected chi connectivity index (χ0v) is 16.3. The number of hydrogen-bond acceptors (Lipinski definition) is 5. The van der Waals surface area contributed by atoms with Crippen molar-refractivity contribution >= 4 is 17.7 Å². The van der Waals surface area contributed by atoms with E-state index in [4.69, 9.17) is 14.2 Å². The van der Waals surface area contributed by atoms with E-state index in [1.807, 2.05) is 20.8 Å². The Morgan fingerprint density at radius 3 is 2.62 bits per heavy atom. The quantitative estimate of drug-likeness (QED) is 0.688. The van der Waals surface area contributed by atoms with Gasteiger partial charge in [-0.05, 0) is 25.0 Å². The van der Waals surface area contributed by atoms with E-state index in [9.17, 15) is 9.59 Å². The molecule has 1 aromatic carbocycles. The second-order valence-electron chi connectivity index (χ2n) is 6.44. The van der Waals surface area contributed by atoms with Gasteiger partial charge in [-0.25, -0.2) is 4.79 Å². The number of nitrogens with one attached hydrogen (secondary N) is 1. The molecule has 0 bridgehead atoms. The highest BCUT2D eigenvalue weighted by Gasteiger charge is 2.15. The molecule has 0 saturated carbocycles. The van der Waals surface area contributed by atoms with Gasteiger partial charge in [0.15, 0.2) is 0 Å². The number of nitrogens with zero attached hydrogens (tertiary/aromatic N) is 1. The minimum Gasteiger partial charge on any atom is -0.410 e. The van der Waals surface area contributed by atoms with Crippen LogP contribution in [0.15, 0.2) is 24.3 Å². The molecule has 1 aromatic rings. The minimum atomic E-state index is -0.432. The fourth-order valence-corrected chi connectivity index (χ4v) is 2.32. The van der Waals surface area contributed by atoms with Gasteiger partial charge in [-0.2, -0.15) is 0 Å². The van der Waals surface area contributed by atoms with E-state index in [0.29, 0.717) is 37.1 Å². The summed E-state index contributed by atoms with van der Waals surface area (Å²) in [5.41, 5.74) is 0.554. The maximum atomic E-state index is 12.1. The van der Waals surface area contributed by atoms with E-state index in [-0.39, 0.29) is 18.4 Å². The van der Waals surface area contributed by atoms with Crippen molar-refractivity contribution in [1.29, 1.82) is 0 Å². The molecular weight excluding hydrogens is 336 g/mol. The van der Waals surface area contributed by atoms with E-state index in [1.165, 1.54) is 4.90 Å². The Morgan fingerprint density at radius 1 is 1.27 bits per heavy atom. The van der Waals surface area contributed by atoms with E-state index in [2.05, 4.69) is 5.32 Å². The summed E-state index contributed by atoms with van der Waals surface area (Å²) in [6.45, 7) is 7.48. The molecule has 0 radical (unpaired) electrons. The Labute approximate surface area is 155 Å². The zero-order valence-electron chi connectivity index (χ0n) is 16.3.